The van der Waals surface area contributed by atoms with E-state index in [1.54, 1.807) is 60.7 Å². The molecule has 1 aromatic heterocycles. The van der Waals surface area contributed by atoms with E-state index in [0.717, 1.165) is 16.5 Å². The molecule has 0 saturated carbocycles. The Balaban J connectivity index is 1.42. The number of rotatable bonds is 7. The Morgan fingerprint density at radius 2 is 1.14 bits per heavy atom. The third-order valence-electron chi connectivity index (χ3n) is 10.0. The number of benzene rings is 3. The van der Waals surface area contributed by atoms with E-state index < -0.39 is 53.7 Å². The second-order valence-corrected chi connectivity index (χ2v) is 14.6. The molecular formula is C44H52N8O7. The minimum absolute atomic E-state index is 0.0123. The van der Waals surface area contributed by atoms with Gasteiger partial charge in [-0.05, 0) is 61.8 Å². The molecular weight excluding hydrogens is 753 g/mol. The number of aromatic nitrogens is 1. The number of primary amides is 1. The highest BCUT2D eigenvalue weighted by atomic mass is 16.2. The SMILES string of the molecule is NC(=O)[C@@H]1CCCCNC(=O)CCC(=O)NCCCC[C@H](NC(=O)c2ccc3ccccc3n2)C(=O)N[C@@H](Cc2ccccc2)C(=O)N[C@@H](Cc2ccccc2)C(=O)N1. The van der Waals surface area contributed by atoms with Crippen molar-refractivity contribution >= 4 is 52.3 Å². The van der Waals surface area contributed by atoms with Crippen molar-refractivity contribution in [1.82, 2.24) is 36.9 Å². The second-order valence-electron chi connectivity index (χ2n) is 14.6. The molecule has 0 spiro atoms. The summed E-state index contributed by atoms with van der Waals surface area (Å²) in [5.74, 6) is -3.92. The van der Waals surface area contributed by atoms with E-state index in [2.05, 4.69) is 36.9 Å². The topological polar surface area (TPSA) is 231 Å². The fraction of sp³-hybridized carbons (Fsp3) is 0.364. The van der Waals surface area contributed by atoms with E-state index >= 15 is 0 Å². The molecule has 0 unspecified atom stereocenters. The van der Waals surface area contributed by atoms with Crippen LogP contribution in [0.1, 0.15) is 73.0 Å². The van der Waals surface area contributed by atoms with Crippen LogP contribution in [0.2, 0.25) is 0 Å². The maximum Gasteiger partial charge on any atom is 0.270 e. The van der Waals surface area contributed by atoms with Crippen molar-refractivity contribution in [3.8, 4) is 0 Å². The second kappa shape index (κ2) is 22.3. The van der Waals surface area contributed by atoms with Crippen LogP contribution in [0.5, 0.6) is 0 Å². The molecule has 1 fully saturated rings. The summed E-state index contributed by atoms with van der Waals surface area (Å²) in [6.45, 7) is 0.579. The van der Waals surface area contributed by atoms with Crippen LogP contribution < -0.4 is 37.6 Å². The van der Waals surface area contributed by atoms with Crippen molar-refractivity contribution in [2.75, 3.05) is 13.1 Å². The van der Waals surface area contributed by atoms with Gasteiger partial charge in [0.15, 0.2) is 0 Å². The minimum atomic E-state index is -1.19. The quantitative estimate of drug-likeness (QED) is 0.146. The van der Waals surface area contributed by atoms with Crippen LogP contribution in [-0.2, 0) is 41.6 Å². The molecule has 0 radical (unpaired) electrons. The molecule has 59 heavy (non-hydrogen) atoms. The first-order valence-electron chi connectivity index (χ1n) is 20.0. The van der Waals surface area contributed by atoms with E-state index in [1.165, 1.54) is 0 Å². The number of carbonyl (C=O) groups excluding carboxylic acids is 7. The van der Waals surface area contributed by atoms with Crippen molar-refractivity contribution in [3.63, 3.8) is 0 Å². The van der Waals surface area contributed by atoms with E-state index in [4.69, 9.17) is 5.73 Å². The zero-order chi connectivity index (χ0) is 42.0. The number of para-hydroxylation sites is 1. The standard InChI is InChI=1S/C44H52N8O7/c45-40(55)33-19-9-11-25-46-38(53)23-24-39(54)47-26-12-10-20-34(50-42(57)35-22-21-31-17-7-8-18-32(31)48-35)41(56)51-37(28-30-15-5-2-6-16-30)44(59)52-36(43(58)49-33)27-29-13-3-1-4-14-29/h1-8,13-18,21-22,33-34,36-37H,9-12,19-20,23-28H2,(H2,45,55)(H,46,53)(H,47,54)(H,49,58)(H,50,57)(H,51,56)(H,52,59)/t33-,34-,36-,37-/m0/s1. The number of hydrogen-bond donors (Lipinski definition) is 7. The number of carbonyl (C=O) groups is 7. The summed E-state index contributed by atoms with van der Waals surface area (Å²) >= 11 is 0. The van der Waals surface area contributed by atoms with Gasteiger partial charge in [0.2, 0.25) is 35.4 Å². The number of pyridine rings is 1. The average molecular weight is 805 g/mol. The van der Waals surface area contributed by atoms with E-state index in [1.807, 2.05) is 36.4 Å². The molecule has 4 aromatic rings. The molecule has 1 aliphatic heterocycles. The first-order chi connectivity index (χ1) is 28.5. The highest BCUT2D eigenvalue weighted by molar-refractivity contribution is 5.99. The van der Waals surface area contributed by atoms with Gasteiger partial charge in [0.05, 0.1) is 5.52 Å². The van der Waals surface area contributed by atoms with E-state index in [0.29, 0.717) is 37.7 Å². The Morgan fingerprint density at radius 1 is 0.610 bits per heavy atom. The highest BCUT2D eigenvalue weighted by Gasteiger charge is 2.32. The van der Waals surface area contributed by atoms with E-state index in [9.17, 15) is 33.6 Å². The molecule has 5 rings (SSSR count). The van der Waals surface area contributed by atoms with Gasteiger partial charge >= 0.3 is 0 Å². The zero-order valence-corrected chi connectivity index (χ0v) is 32.9. The fourth-order valence-corrected chi connectivity index (χ4v) is 6.72. The zero-order valence-electron chi connectivity index (χ0n) is 32.9. The summed E-state index contributed by atoms with van der Waals surface area (Å²) in [4.78, 5) is 97.9. The lowest BCUT2D eigenvalue weighted by molar-refractivity contribution is -0.133. The van der Waals surface area contributed by atoms with Crippen molar-refractivity contribution in [2.24, 2.45) is 5.73 Å². The highest BCUT2D eigenvalue weighted by Crippen LogP contribution is 2.14. The number of nitrogens with two attached hydrogens (primary N) is 1. The summed E-state index contributed by atoms with van der Waals surface area (Å²) in [6.07, 6.45) is 2.21. The van der Waals surface area contributed by atoms with Crippen molar-refractivity contribution in [3.05, 3.63) is 114 Å². The number of hydrogen-bond acceptors (Lipinski definition) is 8. The molecule has 8 N–H and O–H groups in total. The Labute approximate surface area is 343 Å². The molecule has 1 aliphatic rings. The van der Waals surface area contributed by atoms with E-state index in [-0.39, 0.29) is 62.6 Å². The van der Waals surface area contributed by atoms with Crippen LogP contribution in [-0.4, -0.2) is 83.6 Å². The molecule has 310 valence electrons. The third-order valence-corrected chi connectivity index (χ3v) is 10.0. The molecule has 0 bridgehead atoms. The largest absolute Gasteiger partial charge is 0.368 e. The lowest BCUT2D eigenvalue weighted by atomic mass is 10.0. The summed E-state index contributed by atoms with van der Waals surface area (Å²) in [5, 5.41) is 17.6. The predicted octanol–water partition coefficient (Wildman–Crippen LogP) is 2.13. The fourth-order valence-electron chi connectivity index (χ4n) is 6.72. The van der Waals surface area contributed by atoms with Gasteiger partial charge in [0.25, 0.3) is 5.91 Å². The van der Waals surface area contributed by atoms with Crippen LogP contribution in [0.15, 0.2) is 97.1 Å². The van der Waals surface area contributed by atoms with Crippen LogP contribution >= 0.6 is 0 Å². The molecule has 2 heterocycles. The van der Waals surface area contributed by atoms with Gasteiger partial charge in [-0.1, -0.05) is 84.9 Å². The summed E-state index contributed by atoms with van der Waals surface area (Å²) < 4.78 is 0. The molecule has 7 amide bonds. The Bertz CT molecular complexity index is 2080. The predicted molar refractivity (Wildman–Crippen MR) is 221 cm³/mol. The molecule has 0 aliphatic carbocycles. The maximum absolute atomic E-state index is 14.3. The van der Waals surface area contributed by atoms with Crippen LogP contribution in [0.4, 0.5) is 0 Å². The summed E-state index contributed by atoms with van der Waals surface area (Å²) in [5.41, 5.74) is 7.85. The monoisotopic (exact) mass is 804 g/mol. The Morgan fingerprint density at radius 3 is 1.73 bits per heavy atom. The number of amides is 7. The van der Waals surface area contributed by atoms with Crippen LogP contribution in [0, 0.1) is 0 Å². The lowest BCUT2D eigenvalue weighted by Gasteiger charge is -2.26. The third kappa shape index (κ3) is 14.1. The minimum Gasteiger partial charge on any atom is -0.368 e. The van der Waals surface area contributed by atoms with Gasteiger partial charge in [-0.15, -0.1) is 0 Å². The van der Waals surface area contributed by atoms with Crippen LogP contribution in [0.25, 0.3) is 10.9 Å². The maximum atomic E-state index is 14.3. The van der Waals surface area contributed by atoms with Crippen LogP contribution in [0.3, 0.4) is 0 Å². The van der Waals surface area contributed by atoms with Gasteiger partial charge in [-0.25, -0.2) is 4.98 Å². The number of nitrogens with one attached hydrogen (secondary N) is 6. The molecule has 15 heteroatoms. The average Bonchev–Trinajstić information content (AvgIpc) is 3.24. The van der Waals surface area contributed by atoms with Crippen molar-refractivity contribution in [2.45, 2.75) is 88.4 Å². The summed E-state index contributed by atoms with van der Waals surface area (Å²) in [6, 6.07) is 24.2. The Kier molecular flexibility index (Phi) is 16.5. The lowest BCUT2D eigenvalue weighted by Crippen LogP contribution is -2.59. The van der Waals surface area contributed by atoms with Gasteiger partial charge in [0, 0.05) is 44.2 Å². The van der Waals surface area contributed by atoms with Crippen molar-refractivity contribution < 1.29 is 33.6 Å². The summed E-state index contributed by atoms with van der Waals surface area (Å²) in [7, 11) is 0. The molecule has 15 nitrogen and oxygen atoms in total. The smallest absolute Gasteiger partial charge is 0.270 e. The Hall–Kier alpha value is -6.64. The van der Waals surface area contributed by atoms with Gasteiger partial charge in [-0.2, -0.15) is 0 Å². The normalized spacial score (nSPS) is 21.1. The van der Waals surface area contributed by atoms with Gasteiger partial charge < -0.3 is 37.6 Å². The first kappa shape index (κ1) is 43.5. The van der Waals surface area contributed by atoms with Gasteiger partial charge in [0.1, 0.15) is 29.9 Å². The molecule has 1 saturated heterocycles. The molecule has 4 atom stereocenters. The van der Waals surface area contributed by atoms with Crippen molar-refractivity contribution in [1.29, 1.82) is 0 Å². The molecule has 3 aromatic carbocycles. The number of fused-ring (bicyclic) bond motifs is 1. The van der Waals surface area contributed by atoms with Gasteiger partial charge in [-0.3, -0.25) is 33.6 Å². The number of nitrogens with zero attached hydrogens (tertiary/aromatic N) is 1. The first-order valence-corrected chi connectivity index (χ1v) is 20.0.